The Hall–Kier alpha value is -1.19. The van der Waals surface area contributed by atoms with Crippen molar-refractivity contribution in [2.24, 2.45) is 5.92 Å². The quantitative estimate of drug-likeness (QED) is 0.748. The summed E-state index contributed by atoms with van der Waals surface area (Å²) in [6.45, 7) is 1.22. The molecule has 0 aromatic heterocycles. The minimum Gasteiger partial charge on any atom is -0.376 e. The van der Waals surface area contributed by atoms with Crippen LogP contribution in [-0.2, 0) is 20.9 Å². The number of aldehydes is 1. The molecule has 3 heteroatoms. The van der Waals surface area contributed by atoms with Gasteiger partial charge in [-0.1, -0.05) is 30.3 Å². The molecule has 0 saturated carbocycles. The molecule has 0 aliphatic carbocycles. The second-order valence-electron chi connectivity index (χ2n) is 5.28. The van der Waals surface area contributed by atoms with Gasteiger partial charge in [0, 0.05) is 5.92 Å². The molecule has 0 unspecified atom stereocenters. The van der Waals surface area contributed by atoms with Crippen molar-refractivity contribution in [1.29, 1.82) is 0 Å². The fourth-order valence-electron chi connectivity index (χ4n) is 3.08. The van der Waals surface area contributed by atoms with E-state index in [0.29, 0.717) is 13.2 Å². The largest absolute Gasteiger partial charge is 0.376 e. The molecule has 0 amide bonds. The molecule has 0 radical (unpaired) electrons. The van der Waals surface area contributed by atoms with Gasteiger partial charge in [-0.2, -0.15) is 0 Å². The van der Waals surface area contributed by atoms with Crippen LogP contribution in [0.25, 0.3) is 0 Å². The maximum atomic E-state index is 11.2. The van der Waals surface area contributed by atoms with E-state index >= 15 is 0 Å². The Kier molecular flexibility index (Phi) is 3.18. The molecule has 2 aliphatic heterocycles. The van der Waals surface area contributed by atoms with Crippen molar-refractivity contribution >= 4 is 6.29 Å². The third-order valence-electron chi connectivity index (χ3n) is 4.11. The zero-order chi connectivity index (χ0) is 12.4. The molecule has 2 bridgehead atoms. The summed E-state index contributed by atoms with van der Waals surface area (Å²) in [4.78, 5) is 11.2. The normalized spacial score (nSPS) is 33.8. The smallest absolute Gasteiger partial charge is 0.152 e. The van der Waals surface area contributed by atoms with Crippen molar-refractivity contribution in [1.82, 2.24) is 0 Å². The van der Waals surface area contributed by atoms with Crippen molar-refractivity contribution in [3.63, 3.8) is 0 Å². The average molecular weight is 246 g/mol. The molecule has 18 heavy (non-hydrogen) atoms. The van der Waals surface area contributed by atoms with E-state index in [1.54, 1.807) is 0 Å². The Labute approximate surface area is 107 Å². The lowest BCUT2D eigenvalue weighted by molar-refractivity contribution is -0.129. The Bertz CT molecular complexity index is 417. The molecule has 2 saturated heterocycles. The molecule has 1 aromatic carbocycles. The molecule has 2 aliphatic rings. The molecular weight excluding hydrogens is 228 g/mol. The minimum absolute atomic E-state index is 0.234. The molecule has 3 atom stereocenters. The van der Waals surface area contributed by atoms with E-state index in [1.165, 1.54) is 5.56 Å². The van der Waals surface area contributed by atoms with Gasteiger partial charge in [-0.05, 0) is 24.8 Å². The van der Waals surface area contributed by atoms with Gasteiger partial charge in [-0.15, -0.1) is 0 Å². The second kappa shape index (κ2) is 4.82. The van der Waals surface area contributed by atoms with Crippen LogP contribution in [0, 0.1) is 5.92 Å². The van der Waals surface area contributed by atoms with E-state index < -0.39 is 5.60 Å². The van der Waals surface area contributed by atoms with Crippen LogP contribution in [-0.4, -0.2) is 24.6 Å². The van der Waals surface area contributed by atoms with Gasteiger partial charge in [-0.3, -0.25) is 0 Å². The van der Waals surface area contributed by atoms with Gasteiger partial charge < -0.3 is 14.3 Å². The van der Waals surface area contributed by atoms with Crippen LogP contribution in [0.4, 0.5) is 0 Å². The summed E-state index contributed by atoms with van der Waals surface area (Å²) in [5.74, 6) is 0.234. The van der Waals surface area contributed by atoms with Gasteiger partial charge in [0.25, 0.3) is 0 Å². The number of ether oxygens (including phenoxy) is 2. The second-order valence-corrected chi connectivity index (χ2v) is 5.28. The van der Waals surface area contributed by atoms with Crippen LogP contribution in [0.3, 0.4) is 0 Å². The Morgan fingerprint density at radius 2 is 2.22 bits per heavy atom. The Morgan fingerprint density at radius 3 is 2.94 bits per heavy atom. The van der Waals surface area contributed by atoms with Gasteiger partial charge in [-0.25, -0.2) is 0 Å². The molecule has 0 N–H and O–H groups in total. The lowest BCUT2D eigenvalue weighted by Crippen LogP contribution is -2.38. The summed E-state index contributed by atoms with van der Waals surface area (Å²) in [5.41, 5.74) is 0.628. The number of rotatable bonds is 5. The molecule has 96 valence electrons. The zero-order valence-electron chi connectivity index (χ0n) is 10.4. The number of hydrogen-bond acceptors (Lipinski definition) is 3. The Balaban J connectivity index is 1.54. The molecule has 2 fully saturated rings. The summed E-state index contributed by atoms with van der Waals surface area (Å²) in [6.07, 6.45) is 4.12. The first-order valence-electron chi connectivity index (χ1n) is 6.58. The van der Waals surface area contributed by atoms with Crippen LogP contribution in [0.5, 0.6) is 0 Å². The van der Waals surface area contributed by atoms with Crippen LogP contribution in [0.2, 0.25) is 0 Å². The Morgan fingerprint density at radius 1 is 1.39 bits per heavy atom. The maximum absolute atomic E-state index is 11.2. The van der Waals surface area contributed by atoms with Gasteiger partial charge in [0.1, 0.15) is 5.60 Å². The van der Waals surface area contributed by atoms with E-state index in [0.717, 1.165) is 25.5 Å². The summed E-state index contributed by atoms with van der Waals surface area (Å²) in [7, 11) is 0. The lowest BCUT2D eigenvalue weighted by Gasteiger charge is -2.26. The third-order valence-corrected chi connectivity index (χ3v) is 4.11. The monoisotopic (exact) mass is 246 g/mol. The van der Waals surface area contributed by atoms with Crippen LogP contribution < -0.4 is 0 Å². The van der Waals surface area contributed by atoms with E-state index in [1.807, 2.05) is 30.3 Å². The minimum atomic E-state index is -0.540. The number of benzene rings is 1. The van der Waals surface area contributed by atoms with Crippen LogP contribution in [0.15, 0.2) is 30.3 Å². The fourth-order valence-corrected chi connectivity index (χ4v) is 3.08. The summed E-state index contributed by atoms with van der Waals surface area (Å²) in [5, 5.41) is 0. The molecular formula is C15H18O3. The molecule has 3 rings (SSSR count). The van der Waals surface area contributed by atoms with E-state index in [-0.39, 0.29) is 12.0 Å². The van der Waals surface area contributed by atoms with Crippen LogP contribution >= 0.6 is 0 Å². The number of carbonyl (C=O) groups excluding carboxylic acids is 1. The van der Waals surface area contributed by atoms with Crippen molar-refractivity contribution in [2.75, 3.05) is 6.61 Å². The zero-order valence-corrected chi connectivity index (χ0v) is 10.4. The molecule has 2 heterocycles. The van der Waals surface area contributed by atoms with E-state index in [2.05, 4.69) is 0 Å². The molecule has 1 aromatic rings. The van der Waals surface area contributed by atoms with Crippen molar-refractivity contribution in [3.8, 4) is 0 Å². The van der Waals surface area contributed by atoms with Gasteiger partial charge in [0.15, 0.2) is 6.29 Å². The predicted molar refractivity (Wildman–Crippen MR) is 67.1 cm³/mol. The highest BCUT2D eigenvalue weighted by Crippen LogP contribution is 2.46. The lowest BCUT2D eigenvalue weighted by atomic mass is 9.80. The van der Waals surface area contributed by atoms with Gasteiger partial charge in [0.2, 0.25) is 0 Å². The molecule has 0 spiro atoms. The summed E-state index contributed by atoms with van der Waals surface area (Å²) >= 11 is 0. The van der Waals surface area contributed by atoms with E-state index in [9.17, 15) is 4.79 Å². The predicted octanol–water partition coefficient (Wildman–Crippen LogP) is 2.34. The average Bonchev–Trinajstić information content (AvgIpc) is 2.98. The first-order chi connectivity index (χ1) is 8.82. The first-order valence-corrected chi connectivity index (χ1v) is 6.58. The fraction of sp³-hybridized carbons (Fsp3) is 0.533. The van der Waals surface area contributed by atoms with Crippen molar-refractivity contribution < 1.29 is 14.3 Å². The van der Waals surface area contributed by atoms with E-state index in [4.69, 9.17) is 9.47 Å². The maximum Gasteiger partial charge on any atom is 0.152 e. The third kappa shape index (κ3) is 2.08. The standard InChI is InChI=1S/C15H18O3/c16-11-15-7-6-14(18-15)8-13(15)10-17-9-12-4-2-1-3-5-12/h1-5,11,13-14H,6-10H2/t13-,14+,15+/m1/s1. The highest BCUT2D eigenvalue weighted by Gasteiger charge is 2.53. The highest BCUT2D eigenvalue weighted by molar-refractivity contribution is 5.64. The number of carbonyl (C=O) groups is 1. The topological polar surface area (TPSA) is 35.5 Å². The molecule has 3 nitrogen and oxygen atoms in total. The van der Waals surface area contributed by atoms with Crippen molar-refractivity contribution in [3.05, 3.63) is 35.9 Å². The first kappa shape index (κ1) is 11.9. The van der Waals surface area contributed by atoms with Crippen molar-refractivity contribution in [2.45, 2.75) is 37.6 Å². The SMILES string of the molecule is O=C[C@@]12CC[C@@H](C[C@@H]1COCc1ccccc1)O2. The number of hydrogen-bond donors (Lipinski definition) is 0. The summed E-state index contributed by atoms with van der Waals surface area (Å²) < 4.78 is 11.5. The summed E-state index contributed by atoms with van der Waals surface area (Å²) in [6, 6.07) is 10.1. The van der Waals surface area contributed by atoms with Crippen LogP contribution in [0.1, 0.15) is 24.8 Å². The highest BCUT2D eigenvalue weighted by atomic mass is 16.5. The van der Waals surface area contributed by atoms with Gasteiger partial charge >= 0.3 is 0 Å². The van der Waals surface area contributed by atoms with Gasteiger partial charge in [0.05, 0.1) is 19.3 Å². The number of fused-ring (bicyclic) bond motifs is 2.